The monoisotopic (exact) mass is 350 g/mol. The number of benzene rings is 2. The molecule has 0 saturated heterocycles. The lowest BCUT2D eigenvalue weighted by Crippen LogP contribution is -2.43. The van der Waals surface area contributed by atoms with Crippen molar-refractivity contribution in [2.45, 2.75) is 18.9 Å². The van der Waals surface area contributed by atoms with Crippen LogP contribution in [0.4, 0.5) is 0 Å². The highest BCUT2D eigenvalue weighted by Crippen LogP contribution is 2.26. The molecule has 0 aliphatic rings. The summed E-state index contributed by atoms with van der Waals surface area (Å²) in [5.41, 5.74) is -0.620. The molecule has 21 heavy (non-hydrogen) atoms. The molecule has 2 rings (SSSR count). The van der Waals surface area contributed by atoms with Crippen LogP contribution in [0.3, 0.4) is 0 Å². The first-order valence-corrected chi connectivity index (χ1v) is 7.14. The third-order valence-corrected chi connectivity index (χ3v) is 3.56. The number of hydrogen-bond acceptors (Lipinski definition) is 3. The zero-order chi connectivity index (χ0) is 15.5. The van der Waals surface area contributed by atoms with Gasteiger partial charge >= 0.3 is 5.97 Å². The molecule has 0 aromatic heterocycles. The van der Waals surface area contributed by atoms with Crippen LogP contribution >= 0.6 is 15.9 Å². The number of aliphatic carboxylic acids is 1. The van der Waals surface area contributed by atoms with Gasteiger partial charge in [0.25, 0.3) is 0 Å². The molecule has 2 aromatic carbocycles. The van der Waals surface area contributed by atoms with Gasteiger partial charge in [0.05, 0.1) is 0 Å². The van der Waals surface area contributed by atoms with E-state index in [1.54, 1.807) is 30.3 Å². The Labute approximate surface area is 131 Å². The Morgan fingerprint density at radius 3 is 2.48 bits per heavy atom. The van der Waals surface area contributed by atoms with Crippen molar-refractivity contribution in [1.82, 2.24) is 0 Å². The normalized spacial score (nSPS) is 13.4. The summed E-state index contributed by atoms with van der Waals surface area (Å²) in [5.74, 6) is -0.424. The first-order valence-electron chi connectivity index (χ1n) is 6.35. The molecule has 0 aliphatic carbocycles. The fourth-order valence-corrected chi connectivity index (χ4v) is 2.33. The minimum atomic E-state index is -1.39. The van der Waals surface area contributed by atoms with Gasteiger partial charge in [-0.25, -0.2) is 4.79 Å². The summed E-state index contributed by atoms with van der Waals surface area (Å²) in [6.45, 7) is 1.53. The van der Waals surface area contributed by atoms with E-state index in [0.29, 0.717) is 5.75 Å². The Hall–Kier alpha value is -2.01. The molecule has 110 valence electrons. The minimum absolute atomic E-state index is 0.142. The van der Waals surface area contributed by atoms with E-state index in [-0.39, 0.29) is 12.2 Å². The van der Waals surface area contributed by atoms with Gasteiger partial charge in [-0.3, -0.25) is 0 Å². The fraction of sp³-hybridized carbons (Fsp3) is 0.188. The molecule has 0 amide bonds. The highest BCUT2D eigenvalue weighted by molar-refractivity contribution is 9.10. The molecule has 2 N–H and O–H groups in total. The van der Waals surface area contributed by atoms with Crippen LogP contribution in [-0.2, 0) is 11.2 Å². The number of hydrogen-bond donors (Lipinski definition) is 2. The molecule has 0 saturated carbocycles. The second-order valence-corrected chi connectivity index (χ2v) is 5.85. The van der Waals surface area contributed by atoms with Gasteiger partial charge in [-0.15, -0.1) is 0 Å². The molecule has 5 heteroatoms. The number of phenols is 1. The van der Waals surface area contributed by atoms with Crippen molar-refractivity contribution in [2.24, 2.45) is 0 Å². The van der Waals surface area contributed by atoms with E-state index in [0.717, 1.165) is 10.0 Å². The molecule has 0 heterocycles. The Kier molecular flexibility index (Phi) is 4.53. The highest BCUT2D eigenvalue weighted by atomic mass is 79.9. The highest BCUT2D eigenvalue weighted by Gasteiger charge is 2.36. The lowest BCUT2D eigenvalue weighted by molar-refractivity contribution is -0.153. The van der Waals surface area contributed by atoms with E-state index in [1.807, 2.05) is 6.07 Å². The van der Waals surface area contributed by atoms with Crippen molar-refractivity contribution >= 4 is 21.9 Å². The molecule has 4 nitrogen and oxygen atoms in total. The van der Waals surface area contributed by atoms with E-state index in [2.05, 4.69) is 15.9 Å². The van der Waals surface area contributed by atoms with Gasteiger partial charge in [0, 0.05) is 10.9 Å². The van der Waals surface area contributed by atoms with Crippen molar-refractivity contribution in [1.29, 1.82) is 0 Å². The number of halogens is 1. The predicted molar refractivity (Wildman–Crippen MR) is 82.6 cm³/mol. The van der Waals surface area contributed by atoms with Gasteiger partial charge in [0.15, 0.2) is 0 Å². The minimum Gasteiger partial charge on any atom is -0.508 e. The Morgan fingerprint density at radius 1 is 1.24 bits per heavy atom. The van der Waals surface area contributed by atoms with Crippen molar-refractivity contribution < 1.29 is 19.7 Å². The molecular weight excluding hydrogens is 336 g/mol. The van der Waals surface area contributed by atoms with Gasteiger partial charge in [-0.1, -0.05) is 34.1 Å². The molecule has 1 unspecified atom stereocenters. The second-order valence-electron chi connectivity index (χ2n) is 4.94. The maximum Gasteiger partial charge on any atom is 0.348 e. The van der Waals surface area contributed by atoms with Crippen LogP contribution in [0.25, 0.3) is 0 Å². The van der Waals surface area contributed by atoms with Gasteiger partial charge in [-0.05, 0) is 42.8 Å². The number of aromatic hydroxyl groups is 1. The average Bonchev–Trinajstić information content (AvgIpc) is 2.41. The average molecular weight is 351 g/mol. The van der Waals surface area contributed by atoms with Crippen LogP contribution in [0, 0.1) is 0 Å². The second kappa shape index (κ2) is 6.18. The maximum atomic E-state index is 11.6. The third kappa shape index (κ3) is 3.98. The van der Waals surface area contributed by atoms with E-state index < -0.39 is 11.6 Å². The van der Waals surface area contributed by atoms with Crippen LogP contribution in [0.5, 0.6) is 11.5 Å². The fourth-order valence-electron chi connectivity index (χ4n) is 1.95. The summed E-state index contributed by atoms with van der Waals surface area (Å²) in [6.07, 6.45) is 0.190. The van der Waals surface area contributed by atoms with Crippen LogP contribution < -0.4 is 4.74 Å². The lowest BCUT2D eigenvalue weighted by Gasteiger charge is -2.26. The van der Waals surface area contributed by atoms with Crippen molar-refractivity contribution in [2.75, 3.05) is 0 Å². The first-order chi connectivity index (χ1) is 9.89. The zero-order valence-corrected chi connectivity index (χ0v) is 13.0. The largest absolute Gasteiger partial charge is 0.508 e. The predicted octanol–water partition coefficient (Wildman–Crippen LogP) is 3.62. The summed E-state index contributed by atoms with van der Waals surface area (Å²) < 4.78 is 6.50. The summed E-state index contributed by atoms with van der Waals surface area (Å²) in [6, 6.07) is 13.5. The smallest absolute Gasteiger partial charge is 0.348 e. The molecular formula is C16H15BrO4. The SMILES string of the molecule is CC(Cc1ccc(O)cc1)(Oc1cccc(Br)c1)C(=O)O. The van der Waals surface area contributed by atoms with E-state index in [4.69, 9.17) is 4.74 Å². The Balaban J connectivity index is 2.23. The molecule has 0 bridgehead atoms. The number of phenolic OH excluding ortho intramolecular Hbond substituents is 1. The summed E-state index contributed by atoms with van der Waals surface area (Å²) in [5, 5.41) is 18.8. The molecule has 2 aromatic rings. The summed E-state index contributed by atoms with van der Waals surface area (Å²) in [7, 11) is 0. The molecule has 0 spiro atoms. The van der Waals surface area contributed by atoms with Crippen LogP contribution in [0.1, 0.15) is 12.5 Å². The van der Waals surface area contributed by atoms with Crippen molar-refractivity contribution in [3.63, 3.8) is 0 Å². The van der Waals surface area contributed by atoms with Crippen LogP contribution in [-0.4, -0.2) is 21.8 Å². The topological polar surface area (TPSA) is 66.8 Å². The number of rotatable bonds is 5. The number of carbonyl (C=O) groups is 1. The Bertz CT molecular complexity index is 639. The van der Waals surface area contributed by atoms with Gasteiger partial charge in [0.1, 0.15) is 11.5 Å². The van der Waals surface area contributed by atoms with Crippen molar-refractivity contribution in [3.8, 4) is 11.5 Å². The van der Waals surface area contributed by atoms with Crippen LogP contribution in [0.2, 0.25) is 0 Å². The third-order valence-electron chi connectivity index (χ3n) is 3.07. The number of carboxylic acid groups (broad SMARTS) is 1. The molecule has 0 fully saturated rings. The van der Waals surface area contributed by atoms with Gasteiger partial charge in [-0.2, -0.15) is 0 Å². The maximum absolute atomic E-state index is 11.6. The number of ether oxygens (including phenoxy) is 1. The zero-order valence-electron chi connectivity index (χ0n) is 11.4. The van der Waals surface area contributed by atoms with E-state index in [9.17, 15) is 15.0 Å². The summed E-state index contributed by atoms with van der Waals surface area (Å²) in [4.78, 5) is 11.6. The molecule has 0 aliphatic heterocycles. The Morgan fingerprint density at radius 2 is 1.90 bits per heavy atom. The number of carboxylic acids is 1. The van der Waals surface area contributed by atoms with E-state index >= 15 is 0 Å². The molecule has 0 radical (unpaired) electrons. The quantitative estimate of drug-likeness (QED) is 0.864. The molecule has 1 atom stereocenters. The van der Waals surface area contributed by atoms with Crippen molar-refractivity contribution in [3.05, 3.63) is 58.6 Å². The van der Waals surface area contributed by atoms with Gasteiger partial charge in [0.2, 0.25) is 5.60 Å². The standard InChI is InChI=1S/C16H15BrO4/c1-16(15(19)20,10-11-5-7-13(18)8-6-11)21-14-4-2-3-12(17)9-14/h2-9,18H,10H2,1H3,(H,19,20). The lowest BCUT2D eigenvalue weighted by atomic mass is 9.96. The van der Waals surface area contributed by atoms with Crippen LogP contribution in [0.15, 0.2) is 53.0 Å². The summed E-state index contributed by atoms with van der Waals surface area (Å²) >= 11 is 3.33. The first kappa shape index (κ1) is 15.4. The van der Waals surface area contributed by atoms with Gasteiger partial charge < -0.3 is 14.9 Å². The van der Waals surface area contributed by atoms with E-state index in [1.165, 1.54) is 19.1 Å².